The lowest BCUT2D eigenvalue weighted by Gasteiger charge is -2.04. The lowest BCUT2D eigenvalue weighted by Crippen LogP contribution is -1.91. The molecule has 0 aliphatic heterocycles. The molecule has 0 nitrogen and oxygen atoms in total. The highest BCUT2D eigenvalue weighted by atomic mass is 14.2. The van der Waals surface area contributed by atoms with Crippen LogP contribution in [0.3, 0.4) is 0 Å². The molecule has 0 spiro atoms. The number of allylic oxidation sites excluding steroid dienone is 1. The molecular formula is C8H13B. The van der Waals surface area contributed by atoms with Gasteiger partial charge in [-0.2, -0.15) is 0 Å². The topological polar surface area (TPSA) is 0 Å². The zero-order chi connectivity index (χ0) is 6.85. The zero-order valence-electron chi connectivity index (χ0n) is 6.06. The van der Waals surface area contributed by atoms with Crippen LogP contribution in [-0.2, 0) is 0 Å². The molecule has 1 fully saturated rings. The molecule has 2 atom stereocenters. The monoisotopic (exact) mass is 120 g/mol. The van der Waals surface area contributed by atoms with E-state index in [1.807, 2.05) is 0 Å². The molecule has 0 unspecified atom stereocenters. The summed E-state index contributed by atoms with van der Waals surface area (Å²) in [7, 11) is 5.73. The van der Waals surface area contributed by atoms with Crippen molar-refractivity contribution < 1.29 is 0 Å². The van der Waals surface area contributed by atoms with Gasteiger partial charge in [0.2, 0.25) is 0 Å². The Balaban J connectivity index is 2.48. The molecule has 1 saturated carbocycles. The van der Waals surface area contributed by atoms with E-state index >= 15 is 0 Å². The van der Waals surface area contributed by atoms with Crippen molar-refractivity contribution in [2.24, 2.45) is 5.92 Å². The van der Waals surface area contributed by atoms with Crippen LogP contribution in [0.2, 0.25) is 5.82 Å². The summed E-state index contributed by atoms with van der Waals surface area (Å²) < 4.78 is 0. The molecule has 0 heterocycles. The SMILES string of the molecule is [B][C@H]1CC(=C)[C@@H](CC)C1. The maximum atomic E-state index is 5.73. The Bertz CT molecular complexity index is 118. The first-order chi connectivity index (χ1) is 4.24. The van der Waals surface area contributed by atoms with Gasteiger partial charge in [0, 0.05) is 0 Å². The van der Waals surface area contributed by atoms with Crippen LogP contribution < -0.4 is 0 Å². The summed E-state index contributed by atoms with van der Waals surface area (Å²) in [6.07, 6.45) is 3.43. The molecule has 0 aromatic carbocycles. The highest BCUT2D eigenvalue weighted by Crippen LogP contribution is 2.38. The molecule has 1 aliphatic carbocycles. The second-order valence-corrected chi connectivity index (χ2v) is 2.96. The van der Waals surface area contributed by atoms with Gasteiger partial charge in [0.15, 0.2) is 0 Å². The van der Waals surface area contributed by atoms with Gasteiger partial charge in [-0.25, -0.2) is 0 Å². The smallest absolute Gasteiger partial charge is 0.0704 e. The van der Waals surface area contributed by atoms with Crippen LogP contribution in [0, 0.1) is 5.92 Å². The Labute approximate surface area is 58.8 Å². The fourth-order valence-electron chi connectivity index (χ4n) is 1.57. The molecule has 0 N–H and O–H groups in total. The molecule has 0 saturated heterocycles. The van der Waals surface area contributed by atoms with E-state index in [0.29, 0.717) is 5.82 Å². The summed E-state index contributed by atoms with van der Waals surface area (Å²) >= 11 is 0. The van der Waals surface area contributed by atoms with Gasteiger partial charge in [0.05, 0.1) is 7.85 Å². The maximum absolute atomic E-state index is 5.73. The fourth-order valence-corrected chi connectivity index (χ4v) is 1.57. The Morgan fingerprint density at radius 2 is 2.44 bits per heavy atom. The van der Waals surface area contributed by atoms with Gasteiger partial charge in [-0.1, -0.05) is 31.3 Å². The van der Waals surface area contributed by atoms with Gasteiger partial charge in [-0.3, -0.25) is 0 Å². The van der Waals surface area contributed by atoms with E-state index in [1.54, 1.807) is 0 Å². The summed E-state index contributed by atoms with van der Waals surface area (Å²) in [5, 5.41) is 0. The zero-order valence-corrected chi connectivity index (χ0v) is 6.06. The standard InChI is InChI=1S/C8H13B/c1-3-7-5-8(9)4-6(7)2/h7-8H,2-5H2,1H3/t7-,8-/m0/s1. The van der Waals surface area contributed by atoms with Crippen molar-refractivity contribution in [3.63, 3.8) is 0 Å². The third kappa shape index (κ3) is 1.38. The number of hydrogen-bond acceptors (Lipinski definition) is 0. The molecule has 0 aromatic heterocycles. The summed E-state index contributed by atoms with van der Waals surface area (Å²) in [5.74, 6) is 1.13. The van der Waals surface area contributed by atoms with E-state index in [4.69, 9.17) is 7.85 Å². The molecule has 1 rings (SSSR count). The molecule has 1 heteroatoms. The highest BCUT2D eigenvalue weighted by Gasteiger charge is 2.22. The van der Waals surface area contributed by atoms with E-state index in [1.165, 1.54) is 12.0 Å². The van der Waals surface area contributed by atoms with Crippen LogP contribution in [0.1, 0.15) is 26.2 Å². The largest absolute Gasteiger partial charge is 0.0996 e. The Morgan fingerprint density at radius 3 is 2.67 bits per heavy atom. The predicted octanol–water partition coefficient (Wildman–Crippen LogP) is 2.32. The quantitative estimate of drug-likeness (QED) is 0.368. The Kier molecular flexibility index (Phi) is 1.99. The van der Waals surface area contributed by atoms with E-state index in [9.17, 15) is 0 Å². The highest BCUT2D eigenvalue weighted by molar-refractivity contribution is 6.12. The van der Waals surface area contributed by atoms with Crippen molar-refractivity contribution in [2.45, 2.75) is 32.0 Å². The van der Waals surface area contributed by atoms with Gasteiger partial charge in [-0.15, -0.1) is 0 Å². The minimum absolute atomic E-state index is 0.405. The lowest BCUT2D eigenvalue weighted by molar-refractivity contribution is 0.607. The molecule has 48 valence electrons. The van der Waals surface area contributed by atoms with Crippen molar-refractivity contribution in [2.75, 3.05) is 0 Å². The van der Waals surface area contributed by atoms with Crippen LogP contribution in [0.4, 0.5) is 0 Å². The number of hydrogen-bond donors (Lipinski definition) is 0. The molecule has 0 aromatic rings. The van der Waals surface area contributed by atoms with Gasteiger partial charge in [0.1, 0.15) is 0 Å². The first kappa shape index (κ1) is 6.92. The number of rotatable bonds is 1. The summed E-state index contributed by atoms with van der Waals surface area (Å²) in [6.45, 7) is 6.18. The summed E-state index contributed by atoms with van der Waals surface area (Å²) in [5.41, 5.74) is 1.37. The van der Waals surface area contributed by atoms with Gasteiger partial charge in [-0.05, 0) is 18.8 Å². The average molecular weight is 120 g/mol. The maximum Gasteiger partial charge on any atom is 0.0704 e. The summed E-state index contributed by atoms with van der Waals surface area (Å²) in [6, 6.07) is 0. The lowest BCUT2D eigenvalue weighted by atomic mass is 9.85. The van der Waals surface area contributed by atoms with Crippen molar-refractivity contribution >= 4 is 7.85 Å². The van der Waals surface area contributed by atoms with E-state index in [2.05, 4.69) is 13.5 Å². The molecule has 2 radical (unpaired) electrons. The molecule has 9 heavy (non-hydrogen) atoms. The van der Waals surface area contributed by atoms with Crippen LogP contribution in [-0.4, -0.2) is 7.85 Å². The Hall–Kier alpha value is -0.195. The minimum Gasteiger partial charge on any atom is -0.0996 e. The van der Waals surface area contributed by atoms with E-state index < -0.39 is 0 Å². The summed E-state index contributed by atoms with van der Waals surface area (Å²) in [4.78, 5) is 0. The van der Waals surface area contributed by atoms with Gasteiger partial charge >= 0.3 is 0 Å². The average Bonchev–Trinajstić information content (AvgIpc) is 2.10. The normalized spacial score (nSPS) is 35.4. The van der Waals surface area contributed by atoms with Gasteiger partial charge in [0.25, 0.3) is 0 Å². The third-order valence-corrected chi connectivity index (χ3v) is 2.18. The fraction of sp³-hybridized carbons (Fsp3) is 0.750. The first-order valence-corrected chi connectivity index (χ1v) is 3.67. The molecule has 0 bridgehead atoms. The third-order valence-electron chi connectivity index (χ3n) is 2.18. The molecular weight excluding hydrogens is 107 g/mol. The van der Waals surface area contributed by atoms with Crippen molar-refractivity contribution in [3.05, 3.63) is 12.2 Å². The molecule has 1 aliphatic rings. The van der Waals surface area contributed by atoms with Crippen LogP contribution in [0.15, 0.2) is 12.2 Å². The van der Waals surface area contributed by atoms with Crippen molar-refractivity contribution in [3.8, 4) is 0 Å². The first-order valence-electron chi connectivity index (χ1n) is 3.67. The second-order valence-electron chi connectivity index (χ2n) is 2.96. The molecule has 0 amide bonds. The van der Waals surface area contributed by atoms with Crippen molar-refractivity contribution in [1.29, 1.82) is 0 Å². The van der Waals surface area contributed by atoms with E-state index in [0.717, 1.165) is 18.8 Å². The van der Waals surface area contributed by atoms with Crippen LogP contribution >= 0.6 is 0 Å². The van der Waals surface area contributed by atoms with E-state index in [-0.39, 0.29) is 0 Å². The minimum atomic E-state index is 0.405. The second kappa shape index (κ2) is 2.59. The predicted molar refractivity (Wildman–Crippen MR) is 41.7 cm³/mol. The van der Waals surface area contributed by atoms with Crippen LogP contribution in [0.5, 0.6) is 0 Å². The Morgan fingerprint density at radius 1 is 1.78 bits per heavy atom. The van der Waals surface area contributed by atoms with Gasteiger partial charge < -0.3 is 0 Å². The van der Waals surface area contributed by atoms with Crippen molar-refractivity contribution in [1.82, 2.24) is 0 Å². The van der Waals surface area contributed by atoms with Crippen LogP contribution in [0.25, 0.3) is 0 Å².